The van der Waals surface area contributed by atoms with Crippen LogP contribution in [-0.2, 0) is 0 Å². The van der Waals surface area contributed by atoms with E-state index in [9.17, 15) is 4.79 Å². The molecule has 2 aromatic carbocycles. The van der Waals surface area contributed by atoms with Crippen LogP contribution in [-0.4, -0.2) is 53.9 Å². The molecular formula is C21H20ClN3O. The smallest absolute Gasteiger partial charge is 0.253 e. The van der Waals surface area contributed by atoms with E-state index in [0.29, 0.717) is 5.02 Å². The number of rotatable bonds is 2. The minimum absolute atomic E-state index is 0.0962. The molecule has 4 rings (SSSR count). The average Bonchev–Trinajstić information content (AvgIpc) is 2.68. The molecule has 1 amide bonds. The van der Waals surface area contributed by atoms with Gasteiger partial charge in [0.2, 0.25) is 0 Å². The number of aromatic nitrogens is 1. The molecule has 0 unspecified atom stereocenters. The molecule has 2 heterocycles. The van der Waals surface area contributed by atoms with Gasteiger partial charge in [-0.1, -0.05) is 29.8 Å². The number of halogens is 1. The molecule has 1 fully saturated rings. The molecule has 1 saturated heterocycles. The zero-order valence-electron chi connectivity index (χ0n) is 14.7. The maximum atomic E-state index is 12.9. The number of fused-ring (bicyclic) bond motifs is 1. The Labute approximate surface area is 158 Å². The molecule has 0 saturated carbocycles. The number of piperazine rings is 1. The maximum Gasteiger partial charge on any atom is 0.253 e. The summed E-state index contributed by atoms with van der Waals surface area (Å²) >= 11 is 6.01. The number of carbonyl (C=O) groups excluding carboxylic acids is 1. The van der Waals surface area contributed by atoms with Gasteiger partial charge in [0.05, 0.1) is 0 Å². The van der Waals surface area contributed by atoms with E-state index in [1.165, 1.54) is 0 Å². The Bertz CT molecular complexity index is 947. The highest BCUT2D eigenvalue weighted by Crippen LogP contribution is 2.29. The fraction of sp³-hybridized carbons (Fsp3) is 0.238. The van der Waals surface area contributed by atoms with E-state index >= 15 is 0 Å². The van der Waals surface area contributed by atoms with Gasteiger partial charge in [-0.25, -0.2) is 0 Å². The van der Waals surface area contributed by atoms with E-state index < -0.39 is 0 Å². The van der Waals surface area contributed by atoms with E-state index in [1.807, 2.05) is 59.8 Å². The Hall–Kier alpha value is -2.43. The largest absolute Gasteiger partial charge is 0.336 e. The van der Waals surface area contributed by atoms with Gasteiger partial charge in [-0.15, -0.1) is 0 Å². The van der Waals surface area contributed by atoms with Crippen LogP contribution in [0.1, 0.15) is 10.4 Å². The zero-order chi connectivity index (χ0) is 18.1. The number of hydrogen-bond acceptors (Lipinski definition) is 3. The second-order valence-corrected chi connectivity index (χ2v) is 7.16. The standard InChI is InChI=1S/C21H20ClN3O/c1-24-8-10-25(11-9-24)21(26)16-2-3-17-13-23-14-20(19(17)12-16)15-4-6-18(22)7-5-15/h2-7,12-14H,8-11H2,1H3. The molecule has 0 spiro atoms. The summed E-state index contributed by atoms with van der Waals surface area (Å²) in [7, 11) is 2.09. The van der Waals surface area contributed by atoms with Gasteiger partial charge < -0.3 is 9.80 Å². The highest BCUT2D eigenvalue weighted by atomic mass is 35.5. The maximum absolute atomic E-state index is 12.9. The average molecular weight is 366 g/mol. The molecule has 26 heavy (non-hydrogen) atoms. The number of likely N-dealkylation sites (N-methyl/N-ethyl adjacent to an activating group) is 1. The molecule has 132 valence electrons. The highest BCUT2D eigenvalue weighted by Gasteiger charge is 2.20. The lowest BCUT2D eigenvalue weighted by Crippen LogP contribution is -2.47. The highest BCUT2D eigenvalue weighted by molar-refractivity contribution is 6.30. The lowest BCUT2D eigenvalue weighted by atomic mass is 9.99. The number of amides is 1. The number of nitrogens with zero attached hydrogens (tertiary/aromatic N) is 3. The first kappa shape index (κ1) is 17.0. The van der Waals surface area contributed by atoms with Gasteiger partial charge in [0.25, 0.3) is 5.91 Å². The van der Waals surface area contributed by atoms with Crippen LogP contribution in [0.3, 0.4) is 0 Å². The Morgan fingerprint density at radius 3 is 2.46 bits per heavy atom. The first-order chi connectivity index (χ1) is 12.6. The van der Waals surface area contributed by atoms with Gasteiger partial charge in [0.15, 0.2) is 0 Å². The van der Waals surface area contributed by atoms with Gasteiger partial charge in [-0.05, 0) is 42.3 Å². The van der Waals surface area contributed by atoms with Crippen molar-refractivity contribution in [3.05, 3.63) is 65.4 Å². The normalized spacial score (nSPS) is 15.4. The van der Waals surface area contributed by atoms with Crippen LogP contribution in [0.5, 0.6) is 0 Å². The minimum Gasteiger partial charge on any atom is -0.336 e. The van der Waals surface area contributed by atoms with Crippen molar-refractivity contribution in [2.24, 2.45) is 0 Å². The molecule has 0 atom stereocenters. The Balaban J connectivity index is 1.73. The summed E-state index contributed by atoms with van der Waals surface area (Å²) in [6, 6.07) is 13.6. The summed E-state index contributed by atoms with van der Waals surface area (Å²) in [6.45, 7) is 3.38. The fourth-order valence-electron chi connectivity index (χ4n) is 3.35. The summed E-state index contributed by atoms with van der Waals surface area (Å²) in [4.78, 5) is 21.4. The number of pyridine rings is 1. The van der Waals surface area contributed by atoms with Crippen LogP contribution in [0.25, 0.3) is 21.9 Å². The summed E-state index contributed by atoms with van der Waals surface area (Å²) in [6.07, 6.45) is 3.68. The SMILES string of the molecule is CN1CCN(C(=O)c2ccc3cncc(-c4ccc(Cl)cc4)c3c2)CC1. The molecular weight excluding hydrogens is 346 g/mol. The van der Waals surface area contributed by atoms with Gasteiger partial charge in [0.1, 0.15) is 0 Å². The fourth-order valence-corrected chi connectivity index (χ4v) is 3.47. The van der Waals surface area contributed by atoms with Crippen LogP contribution in [0.15, 0.2) is 54.9 Å². The van der Waals surface area contributed by atoms with Crippen molar-refractivity contribution < 1.29 is 4.79 Å². The van der Waals surface area contributed by atoms with Crippen LogP contribution in [0.2, 0.25) is 5.02 Å². The molecule has 1 aliphatic rings. The number of benzene rings is 2. The van der Waals surface area contributed by atoms with E-state index in [-0.39, 0.29) is 5.91 Å². The van der Waals surface area contributed by atoms with E-state index in [1.54, 1.807) is 0 Å². The third kappa shape index (κ3) is 3.30. The zero-order valence-corrected chi connectivity index (χ0v) is 15.4. The van der Waals surface area contributed by atoms with Gasteiger partial charge in [0, 0.05) is 60.1 Å². The van der Waals surface area contributed by atoms with Crippen molar-refractivity contribution in [3.8, 4) is 11.1 Å². The van der Waals surface area contributed by atoms with E-state index in [2.05, 4.69) is 16.9 Å². The van der Waals surface area contributed by atoms with Crippen molar-refractivity contribution >= 4 is 28.3 Å². The van der Waals surface area contributed by atoms with Crippen molar-refractivity contribution in [1.82, 2.24) is 14.8 Å². The molecule has 1 aliphatic heterocycles. The van der Waals surface area contributed by atoms with Crippen LogP contribution >= 0.6 is 11.6 Å². The Morgan fingerprint density at radius 1 is 1.00 bits per heavy atom. The van der Waals surface area contributed by atoms with Crippen LogP contribution < -0.4 is 0 Å². The molecule has 0 radical (unpaired) electrons. The Morgan fingerprint density at radius 2 is 1.73 bits per heavy atom. The monoisotopic (exact) mass is 365 g/mol. The first-order valence-electron chi connectivity index (χ1n) is 8.73. The third-order valence-corrected chi connectivity index (χ3v) is 5.21. The molecule has 0 aliphatic carbocycles. The van der Waals surface area contributed by atoms with Gasteiger partial charge in [-0.2, -0.15) is 0 Å². The number of carbonyl (C=O) groups is 1. The Kier molecular flexibility index (Phi) is 4.62. The second kappa shape index (κ2) is 7.06. The molecule has 5 heteroatoms. The van der Waals surface area contributed by atoms with Crippen LogP contribution in [0.4, 0.5) is 0 Å². The van der Waals surface area contributed by atoms with Crippen molar-refractivity contribution in [1.29, 1.82) is 0 Å². The van der Waals surface area contributed by atoms with Gasteiger partial charge in [-0.3, -0.25) is 9.78 Å². The van der Waals surface area contributed by atoms with E-state index in [0.717, 1.165) is 53.6 Å². The molecule has 4 nitrogen and oxygen atoms in total. The predicted octanol–water partition coefficient (Wildman–Crippen LogP) is 3.94. The first-order valence-corrected chi connectivity index (χ1v) is 9.11. The molecule has 1 aromatic heterocycles. The predicted molar refractivity (Wildman–Crippen MR) is 106 cm³/mol. The van der Waals surface area contributed by atoms with Gasteiger partial charge >= 0.3 is 0 Å². The second-order valence-electron chi connectivity index (χ2n) is 6.73. The summed E-state index contributed by atoms with van der Waals surface area (Å²) < 4.78 is 0. The van der Waals surface area contributed by atoms with Crippen molar-refractivity contribution in [3.63, 3.8) is 0 Å². The van der Waals surface area contributed by atoms with E-state index in [4.69, 9.17) is 11.6 Å². The minimum atomic E-state index is 0.0962. The lowest BCUT2D eigenvalue weighted by molar-refractivity contribution is 0.0664. The van der Waals surface area contributed by atoms with Crippen molar-refractivity contribution in [2.45, 2.75) is 0 Å². The summed E-state index contributed by atoms with van der Waals surface area (Å²) in [5.41, 5.74) is 2.77. The summed E-state index contributed by atoms with van der Waals surface area (Å²) in [5.74, 6) is 0.0962. The molecule has 0 bridgehead atoms. The quantitative estimate of drug-likeness (QED) is 0.690. The topological polar surface area (TPSA) is 36.4 Å². The molecule has 0 N–H and O–H groups in total. The molecule has 3 aromatic rings. The van der Waals surface area contributed by atoms with Crippen molar-refractivity contribution in [2.75, 3.05) is 33.2 Å². The number of hydrogen-bond donors (Lipinski definition) is 0. The lowest BCUT2D eigenvalue weighted by Gasteiger charge is -2.32. The van der Waals surface area contributed by atoms with Crippen LogP contribution in [0, 0.1) is 0 Å². The third-order valence-electron chi connectivity index (χ3n) is 4.95. The summed E-state index contributed by atoms with van der Waals surface area (Å²) in [5, 5.41) is 2.75.